The van der Waals surface area contributed by atoms with Crippen LogP contribution < -0.4 is 0 Å². The van der Waals surface area contributed by atoms with Crippen molar-refractivity contribution in [2.75, 3.05) is 0 Å². The topological polar surface area (TPSA) is 25.8 Å². The Labute approximate surface area is 173 Å². The van der Waals surface area contributed by atoms with E-state index < -0.39 is 0 Å². The van der Waals surface area contributed by atoms with Crippen molar-refractivity contribution in [3.8, 4) is 20.9 Å². The SMILES string of the molecule is Cc1cc(-c2ccc(C(C)(C)C)s2)c2nsnc2c1-c1ccc(C(C)C)s1. The minimum Gasteiger partial charge on any atom is -0.172 e. The fourth-order valence-corrected chi connectivity index (χ4v) is 6.02. The first-order valence-electron chi connectivity index (χ1n) is 9.22. The highest BCUT2D eigenvalue weighted by molar-refractivity contribution is 7.16. The first kappa shape index (κ1) is 18.8. The lowest BCUT2D eigenvalue weighted by atomic mass is 9.95. The second-order valence-corrected chi connectivity index (χ2v) is 11.1. The van der Waals surface area contributed by atoms with Crippen molar-refractivity contribution in [2.24, 2.45) is 0 Å². The summed E-state index contributed by atoms with van der Waals surface area (Å²) >= 11 is 5.06. The number of benzene rings is 1. The van der Waals surface area contributed by atoms with E-state index in [-0.39, 0.29) is 5.41 Å². The highest BCUT2D eigenvalue weighted by Gasteiger charge is 2.21. The lowest BCUT2D eigenvalue weighted by Gasteiger charge is -2.15. The molecule has 3 aromatic heterocycles. The normalized spacial score (nSPS) is 12.4. The van der Waals surface area contributed by atoms with Crippen LogP contribution in [-0.2, 0) is 5.41 Å². The average molecular weight is 413 g/mol. The molecule has 0 bridgehead atoms. The predicted molar refractivity (Wildman–Crippen MR) is 122 cm³/mol. The van der Waals surface area contributed by atoms with Gasteiger partial charge in [0.25, 0.3) is 0 Å². The fourth-order valence-electron chi connectivity index (χ4n) is 3.26. The Kier molecular flexibility index (Phi) is 4.73. The van der Waals surface area contributed by atoms with Gasteiger partial charge in [0.05, 0.1) is 11.7 Å². The van der Waals surface area contributed by atoms with Crippen LogP contribution in [-0.4, -0.2) is 8.75 Å². The van der Waals surface area contributed by atoms with Crippen LogP contribution in [0.1, 0.15) is 55.9 Å². The summed E-state index contributed by atoms with van der Waals surface area (Å²) in [4.78, 5) is 5.39. The highest BCUT2D eigenvalue weighted by Crippen LogP contribution is 2.43. The van der Waals surface area contributed by atoms with Gasteiger partial charge in [-0.2, -0.15) is 8.75 Å². The largest absolute Gasteiger partial charge is 0.172 e. The van der Waals surface area contributed by atoms with Gasteiger partial charge < -0.3 is 0 Å². The Balaban J connectivity index is 1.88. The second-order valence-electron chi connectivity index (χ2n) is 8.35. The van der Waals surface area contributed by atoms with Gasteiger partial charge in [0, 0.05) is 30.6 Å². The van der Waals surface area contributed by atoms with Crippen molar-refractivity contribution >= 4 is 45.4 Å². The van der Waals surface area contributed by atoms with E-state index in [0.29, 0.717) is 5.92 Å². The summed E-state index contributed by atoms with van der Waals surface area (Å²) in [6.07, 6.45) is 0. The number of nitrogens with zero attached hydrogens (tertiary/aromatic N) is 2. The molecule has 0 radical (unpaired) electrons. The number of aryl methyl sites for hydroxylation is 1. The van der Waals surface area contributed by atoms with Crippen LogP contribution in [0, 0.1) is 6.92 Å². The van der Waals surface area contributed by atoms with Crippen LogP contribution in [0.25, 0.3) is 31.9 Å². The summed E-state index contributed by atoms with van der Waals surface area (Å²) in [6.45, 7) is 13.5. The maximum absolute atomic E-state index is 4.69. The Morgan fingerprint density at radius 2 is 1.59 bits per heavy atom. The molecule has 1 aromatic carbocycles. The van der Waals surface area contributed by atoms with Crippen LogP contribution in [0.4, 0.5) is 0 Å². The Morgan fingerprint density at radius 3 is 2.22 bits per heavy atom. The zero-order chi connectivity index (χ0) is 19.3. The minimum absolute atomic E-state index is 0.168. The van der Waals surface area contributed by atoms with Crippen LogP contribution in [0.3, 0.4) is 0 Å². The standard InChI is InChI=1S/C22H24N2S3/c1-12(2)15-7-8-17(25-15)19-13(3)11-14(20-21(19)24-27-23-20)16-9-10-18(26-16)22(4,5)6/h7-12H,1-6H3. The molecule has 0 N–H and O–H groups in total. The van der Waals surface area contributed by atoms with Gasteiger partial charge in [-0.1, -0.05) is 34.6 Å². The Bertz CT molecular complexity index is 1110. The summed E-state index contributed by atoms with van der Waals surface area (Å²) < 4.78 is 9.37. The van der Waals surface area contributed by atoms with E-state index in [2.05, 4.69) is 76.2 Å². The molecule has 0 unspecified atom stereocenters. The lowest BCUT2D eigenvalue weighted by Crippen LogP contribution is -2.07. The molecule has 0 aliphatic rings. The van der Waals surface area contributed by atoms with E-state index in [1.165, 1.54) is 47.9 Å². The third kappa shape index (κ3) is 3.37. The number of rotatable bonds is 3. The molecule has 4 rings (SSSR count). The van der Waals surface area contributed by atoms with E-state index in [1.54, 1.807) is 0 Å². The van der Waals surface area contributed by atoms with E-state index >= 15 is 0 Å². The van der Waals surface area contributed by atoms with Gasteiger partial charge in [0.1, 0.15) is 11.0 Å². The third-order valence-corrected chi connectivity index (χ3v) is 8.26. The molecule has 0 saturated heterocycles. The molecular weight excluding hydrogens is 388 g/mol. The van der Waals surface area contributed by atoms with Gasteiger partial charge in [-0.05, 0) is 54.2 Å². The summed E-state index contributed by atoms with van der Waals surface area (Å²) in [5, 5.41) is 0. The molecule has 0 fully saturated rings. The molecule has 5 heteroatoms. The van der Waals surface area contributed by atoms with Gasteiger partial charge in [-0.15, -0.1) is 22.7 Å². The molecule has 0 aliphatic heterocycles. The highest BCUT2D eigenvalue weighted by atomic mass is 32.1. The van der Waals surface area contributed by atoms with E-state index in [0.717, 1.165) is 11.0 Å². The number of fused-ring (bicyclic) bond motifs is 1. The van der Waals surface area contributed by atoms with Crippen LogP contribution in [0.2, 0.25) is 0 Å². The van der Waals surface area contributed by atoms with E-state index in [4.69, 9.17) is 4.37 Å². The van der Waals surface area contributed by atoms with E-state index in [9.17, 15) is 0 Å². The Hall–Kier alpha value is -1.56. The number of hydrogen-bond acceptors (Lipinski definition) is 5. The fraction of sp³-hybridized carbons (Fsp3) is 0.364. The molecule has 27 heavy (non-hydrogen) atoms. The van der Waals surface area contributed by atoms with Crippen molar-refractivity contribution in [2.45, 2.75) is 52.9 Å². The van der Waals surface area contributed by atoms with Crippen LogP contribution in [0.15, 0.2) is 30.3 Å². The molecule has 4 aromatic rings. The van der Waals surface area contributed by atoms with Gasteiger partial charge in [0.15, 0.2) is 0 Å². The molecule has 140 valence electrons. The molecular formula is C22H24N2S3. The number of aromatic nitrogens is 2. The van der Waals surface area contributed by atoms with E-state index in [1.807, 2.05) is 22.7 Å². The lowest BCUT2D eigenvalue weighted by molar-refractivity contribution is 0.604. The van der Waals surface area contributed by atoms with Gasteiger partial charge in [-0.25, -0.2) is 0 Å². The van der Waals surface area contributed by atoms with Gasteiger partial charge in [0.2, 0.25) is 0 Å². The number of hydrogen-bond donors (Lipinski definition) is 0. The summed E-state index contributed by atoms with van der Waals surface area (Å²) in [5.41, 5.74) is 5.96. The van der Waals surface area contributed by atoms with Crippen LogP contribution >= 0.6 is 34.4 Å². The zero-order valence-electron chi connectivity index (χ0n) is 16.6. The monoisotopic (exact) mass is 412 g/mol. The molecule has 2 nitrogen and oxygen atoms in total. The quantitative estimate of drug-likeness (QED) is 0.342. The van der Waals surface area contributed by atoms with Gasteiger partial charge in [-0.3, -0.25) is 0 Å². The second kappa shape index (κ2) is 6.80. The molecule has 0 spiro atoms. The van der Waals surface area contributed by atoms with Crippen molar-refractivity contribution in [3.63, 3.8) is 0 Å². The summed E-state index contributed by atoms with van der Waals surface area (Å²) in [6, 6.07) is 11.3. The van der Waals surface area contributed by atoms with Crippen LogP contribution in [0.5, 0.6) is 0 Å². The average Bonchev–Trinajstić information content (AvgIpc) is 3.33. The molecule has 0 amide bonds. The smallest absolute Gasteiger partial charge is 0.114 e. The first-order chi connectivity index (χ1) is 12.8. The molecule has 0 aliphatic carbocycles. The molecule has 0 atom stereocenters. The van der Waals surface area contributed by atoms with Crippen molar-refractivity contribution in [1.82, 2.24) is 8.75 Å². The zero-order valence-corrected chi connectivity index (χ0v) is 19.0. The molecule has 3 heterocycles. The number of thiophene rings is 2. The van der Waals surface area contributed by atoms with Crippen molar-refractivity contribution < 1.29 is 0 Å². The van der Waals surface area contributed by atoms with Crippen molar-refractivity contribution in [1.29, 1.82) is 0 Å². The maximum Gasteiger partial charge on any atom is 0.114 e. The minimum atomic E-state index is 0.168. The van der Waals surface area contributed by atoms with Gasteiger partial charge >= 0.3 is 0 Å². The maximum atomic E-state index is 4.69. The summed E-state index contributed by atoms with van der Waals surface area (Å²) in [7, 11) is 0. The first-order valence-corrected chi connectivity index (χ1v) is 11.6. The molecule has 0 saturated carbocycles. The summed E-state index contributed by atoms with van der Waals surface area (Å²) in [5.74, 6) is 0.550. The predicted octanol–water partition coefficient (Wildman–Crippen LogP) is 7.88. The van der Waals surface area contributed by atoms with Crippen molar-refractivity contribution in [3.05, 3.63) is 45.6 Å². The Morgan fingerprint density at radius 1 is 0.889 bits per heavy atom. The third-order valence-electron chi connectivity index (χ3n) is 4.79.